The minimum Gasteiger partial charge on any atom is -0.490 e. The van der Waals surface area contributed by atoms with E-state index in [0.29, 0.717) is 39.6 Å². The number of likely N-dealkylation sites (N-methyl/N-ethyl adjacent to an activating group) is 1. The Morgan fingerprint density at radius 2 is 1.78 bits per heavy atom. The van der Waals surface area contributed by atoms with Gasteiger partial charge in [0.1, 0.15) is 19.5 Å². The molecule has 0 saturated heterocycles. The maximum atomic E-state index is 12.2. The van der Waals surface area contributed by atoms with Crippen LogP contribution in [0.5, 0.6) is 11.5 Å². The predicted molar refractivity (Wildman–Crippen MR) is 127 cm³/mol. The van der Waals surface area contributed by atoms with Crippen LogP contribution in [0.25, 0.3) is 0 Å². The van der Waals surface area contributed by atoms with Crippen molar-refractivity contribution in [2.45, 2.75) is 38.7 Å². The van der Waals surface area contributed by atoms with Crippen molar-refractivity contribution in [2.24, 2.45) is 11.1 Å². The van der Waals surface area contributed by atoms with Gasteiger partial charge in [-0.3, -0.25) is 4.79 Å². The third-order valence-electron chi connectivity index (χ3n) is 5.45. The molecule has 0 aromatic heterocycles. The van der Waals surface area contributed by atoms with Crippen LogP contribution in [0.3, 0.4) is 0 Å². The molecule has 2 aromatic carbocycles. The third-order valence-corrected chi connectivity index (χ3v) is 6.01. The van der Waals surface area contributed by atoms with Gasteiger partial charge in [-0.2, -0.15) is 0 Å². The zero-order valence-corrected chi connectivity index (χ0v) is 19.8. The Morgan fingerprint density at radius 3 is 2.44 bits per heavy atom. The largest absolute Gasteiger partial charge is 0.490 e. The molecule has 1 aliphatic rings. The van der Waals surface area contributed by atoms with Gasteiger partial charge in [0.25, 0.3) is 5.91 Å². The van der Waals surface area contributed by atoms with E-state index in [4.69, 9.17) is 37.5 Å². The molecule has 1 N–H and O–H groups in total. The Hall–Kier alpha value is -2.44. The first kappa shape index (κ1) is 24.2. The highest BCUT2D eigenvalue weighted by Crippen LogP contribution is 2.38. The van der Waals surface area contributed by atoms with Gasteiger partial charge < -0.3 is 19.6 Å². The van der Waals surface area contributed by atoms with Gasteiger partial charge in [-0.05, 0) is 24.3 Å². The minimum absolute atomic E-state index is 0.164. The van der Waals surface area contributed by atoms with Crippen LogP contribution < -0.4 is 14.8 Å². The summed E-state index contributed by atoms with van der Waals surface area (Å²) in [4.78, 5) is 17.1. The van der Waals surface area contributed by atoms with Crippen LogP contribution in [-0.2, 0) is 16.2 Å². The molecule has 8 heteroatoms. The Kier molecular flexibility index (Phi) is 9.06. The van der Waals surface area contributed by atoms with Crippen molar-refractivity contribution in [3.05, 3.63) is 57.6 Å². The van der Waals surface area contributed by atoms with Crippen molar-refractivity contribution in [3.8, 4) is 11.5 Å². The van der Waals surface area contributed by atoms with Crippen molar-refractivity contribution in [3.63, 3.8) is 0 Å². The Morgan fingerprint density at radius 1 is 1.09 bits per heavy atom. The second-order valence-corrected chi connectivity index (χ2v) is 8.49. The minimum atomic E-state index is -0.357. The topological polar surface area (TPSA) is 69.2 Å². The van der Waals surface area contributed by atoms with Crippen molar-refractivity contribution in [1.29, 1.82) is 0 Å². The SMILES string of the molecule is CNC(=O)/C(=N/OC)c1ccccc1COc1cc(Cl)c(OCC2CCCCC2)c(Cl)c1. The highest BCUT2D eigenvalue weighted by Gasteiger charge is 2.19. The quantitative estimate of drug-likeness (QED) is 0.374. The number of ether oxygens (including phenoxy) is 2. The van der Waals surface area contributed by atoms with Gasteiger partial charge >= 0.3 is 0 Å². The number of halogens is 2. The first-order valence-electron chi connectivity index (χ1n) is 10.7. The smallest absolute Gasteiger partial charge is 0.273 e. The molecule has 0 unspecified atom stereocenters. The first-order chi connectivity index (χ1) is 15.5. The highest BCUT2D eigenvalue weighted by atomic mass is 35.5. The molecule has 1 saturated carbocycles. The van der Waals surface area contributed by atoms with Gasteiger partial charge in [-0.1, -0.05) is 71.9 Å². The molecule has 0 radical (unpaired) electrons. The fourth-order valence-electron chi connectivity index (χ4n) is 3.77. The van der Waals surface area contributed by atoms with Crippen LogP contribution in [0, 0.1) is 5.92 Å². The molecule has 1 fully saturated rings. The van der Waals surface area contributed by atoms with E-state index in [0.717, 1.165) is 5.56 Å². The number of rotatable bonds is 9. The molecule has 3 rings (SSSR count). The molecular formula is C24H28Cl2N2O4. The normalized spacial score (nSPS) is 14.7. The van der Waals surface area contributed by atoms with Crippen LogP contribution in [0.4, 0.5) is 0 Å². The van der Waals surface area contributed by atoms with E-state index in [2.05, 4.69) is 10.5 Å². The summed E-state index contributed by atoms with van der Waals surface area (Å²) >= 11 is 12.9. The maximum absolute atomic E-state index is 12.2. The number of carbonyl (C=O) groups is 1. The Labute approximate surface area is 198 Å². The van der Waals surface area contributed by atoms with E-state index >= 15 is 0 Å². The molecule has 2 aromatic rings. The van der Waals surface area contributed by atoms with E-state index in [1.165, 1.54) is 46.3 Å². The van der Waals surface area contributed by atoms with Gasteiger partial charge in [0, 0.05) is 24.7 Å². The summed E-state index contributed by atoms with van der Waals surface area (Å²) < 4.78 is 11.9. The van der Waals surface area contributed by atoms with E-state index in [-0.39, 0.29) is 18.2 Å². The number of amides is 1. The molecule has 0 bridgehead atoms. The monoisotopic (exact) mass is 478 g/mol. The van der Waals surface area contributed by atoms with Gasteiger partial charge in [-0.15, -0.1) is 0 Å². The number of hydrogen-bond donors (Lipinski definition) is 1. The first-order valence-corrected chi connectivity index (χ1v) is 11.4. The fourth-order valence-corrected chi connectivity index (χ4v) is 4.35. The Balaban J connectivity index is 1.71. The van der Waals surface area contributed by atoms with Crippen molar-refractivity contribution >= 4 is 34.8 Å². The Bertz CT molecular complexity index is 936. The summed E-state index contributed by atoms with van der Waals surface area (Å²) in [6.45, 7) is 0.805. The molecule has 172 valence electrons. The lowest BCUT2D eigenvalue weighted by molar-refractivity contribution is -0.114. The van der Waals surface area contributed by atoms with Gasteiger partial charge in [0.15, 0.2) is 11.5 Å². The van der Waals surface area contributed by atoms with Crippen LogP contribution >= 0.6 is 23.2 Å². The average Bonchev–Trinajstić information content (AvgIpc) is 2.81. The zero-order chi connectivity index (χ0) is 22.9. The zero-order valence-electron chi connectivity index (χ0n) is 18.3. The summed E-state index contributed by atoms with van der Waals surface area (Å²) in [7, 11) is 2.93. The average molecular weight is 479 g/mol. The number of nitrogens with zero attached hydrogens (tertiary/aromatic N) is 1. The highest BCUT2D eigenvalue weighted by molar-refractivity contribution is 6.45. The van der Waals surface area contributed by atoms with E-state index < -0.39 is 0 Å². The van der Waals surface area contributed by atoms with Crippen LogP contribution in [-0.4, -0.2) is 32.4 Å². The van der Waals surface area contributed by atoms with Crippen LogP contribution in [0.15, 0.2) is 41.6 Å². The summed E-state index contributed by atoms with van der Waals surface area (Å²) in [6, 6.07) is 10.7. The van der Waals surface area contributed by atoms with E-state index in [1.807, 2.05) is 18.2 Å². The lowest BCUT2D eigenvalue weighted by Crippen LogP contribution is -2.29. The van der Waals surface area contributed by atoms with Gasteiger partial charge in [0.2, 0.25) is 0 Å². The number of carbonyl (C=O) groups excluding carboxylic acids is 1. The fraction of sp³-hybridized carbons (Fsp3) is 0.417. The second-order valence-electron chi connectivity index (χ2n) is 7.68. The van der Waals surface area contributed by atoms with Crippen LogP contribution in [0.2, 0.25) is 10.0 Å². The van der Waals surface area contributed by atoms with Gasteiger partial charge in [0.05, 0.1) is 16.7 Å². The number of benzene rings is 2. The molecule has 32 heavy (non-hydrogen) atoms. The van der Waals surface area contributed by atoms with Crippen molar-refractivity contribution in [1.82, 2.24) is 5.32 Å². The molecule has 0 aliphatic heterocycles. The van der Waals surface area contributed by atoms with Crippen molar-refractivity contribution in [2.75, 3.05) is 20.8 Å². The van der Waals surface area contributed by atoms with Gasteiger partial charge in [-0.25, -0.2) is 0 Å². The summed E-state index contributed by atoms with van der Waals surface area (Å²) in [6.07, 6.45) is 6.16. The third kappa shape index (κ3) is 6.30. The molecule has 0 heterocycles. The van der Waals surface area contributed by atoms with E-state index in [9.17, 15) is 4.79 Å². The molecule has 0 atom stereocenters. The second kappa shape index (κ2) is 12.0. The molecular weight excluding hydrogens is 451 g/mol. The molecule has 0 spiro atoms. The molecule has 6 nitrogen and oxygen atoms in total. The van der Waals surface area contributed by atoms with Crippen LogP contribution in [0.1, 0.15) is 43.2 Å². The standard InChI is InChI=1S/C24H28Cl2N2O4/c1-27-24(29)22(28-30-2)19-11-7-6-10-17(19)15-31-18-12-20(25)23(21(26)13-18)32-14-16-8-4-3-5-9-16/h6-7,10-13,16H,3-5,8-9,14-15H2,1-2H3,(H,27,29)/b28-22+. The summed E-state index contributed by atoms with van der Waals surface area (Å²) in [5, 5.41) is 7.25. The maximum Gasteiger partial charge on any atom is 0.273 e. The molecule has 1 aliphatic carbocycles. The lowest BCUT2D eigenvalue weighted by atomic mass is 9.90. The lowest BCUT2D eigenvalue weighted by Gasteiger charge is -2.22. The summed E-state index contributed by atoms with van der Waals surface area (Å²) in [5.41, 5.74) is 1.53. The molecule has 1 amide bonds. The number of oxime groups is 1. The number of hydrogen-bond acceptors (Lipinski definition) is 5. The predicted octanol–water partition coefficient (Wildman–Crippen LogP) is 5.63. The van der Waals surface area contributed by atoms with Crippen molar-refractivity contribution < 1.29 is 19.1 Å². The number of nitrogens with one attached hydrogen (secondary N) is 1. The van der Waals surface area contributed by atoms with E-state index in [1.54, 1.807) is 18.2 Å². The summed E-state index contributed by atoms with van der Waals surface area (Å²) in [5.74, 6) is 1.18.